The molecule has 2 aliphatic heterocycles. The Morgan fingerprint density at radius 1 is 1.11 bits per heavy atom. The number of anilines is 1. The second-order valence-electron chi connectivity index (χ2n) is 10.5. The van der Waals surface area contributed by atoms with Gasteiger partial charge in [-0.1, -0.05) is 32.8 Å². The Morgan fingerprint density at radius 2 is 1.95 bits per heavy atom. The van der Waals surface area contributed by atoms with E-state index in [9.17, 15) is 9.59 Å². The van der Waals surface area contributed by atoms with Crippen LogP contribution in [0.4, 0.5) is 5.82 Å². The topological polar surface area (TPSA) is 78.0 Å². The molecule has 1 aliphatic carbocycles. The molecular weight excluding hydrogens is 468 g/mol. The van der Waals surface area contributed by atoms with Crippen molar-refractivity contribution in [3.05, 3.63) is 59.0 Å². The summed E-state index contributed by atoms with van der Waals surface area (Å²) in [6.45, 7) is 6.90. The zero-order valence-corrected chi connectivity index (χ0v) is 22.2. The van der Waals surface area contributed by atoms with Gasteiger partial charge in [-0.05, 0) is 73.9 Å². The van der Waals surface area contributed by atoms with E-state index in [0.717, 1.165) is 49.7 Å². The third-order valence-corrected chi connectivity index (χ3v) is 7.77. The van der Waals surface area contributed by atoms with Crippen molar-refractivity contribution in [1.82, 2.24) is 4.98 Å². The number of methoxy groups -OCH3 is 1. The maximum Gasteiger partial charge on any atom is 0.295 e. The second-order valence-corrected chi connectivity index (χ2v) is 10.5. The zero-order valence-electron chi connectivity index (χ0n) is 22.2. The summed E-state index contributed by atoms with van der Waals surface area (Å²) in [5.41, 5.74) is 2.17. The molecule has 196 valence electrons. The highest BCUT2D eigenvalue weighted by atomic mass is 16.5. The van der Waals surface area contributed by atoms with E-state index in [-0.39, 0.29) is 29.5 Å². The lowest BCUT2D eigenvalue weighted by molar-refractivity contribution is -0.132. The number of benzene rings is 1. The molecule has 0 radical (unpaired) electrons. The number of amides is 1. The summed E-state index contributed by atoms with van der Waals surface area (Å²) in [6.07, 6.45) is 7.18. The monoisotopic (exact) mass is 504 g/mol. The minimum atomic E-state index is -0.648. The number of ketones is 1. The van der Waals surface area contributed by atoms with Gasteiger partial charge in [-0.2, -0.15) is 0 Å². The van der Waals surface area contributed by atoms with Crippen molar-refractivity contribution in [3.63, 3.8) is 0 Å². The lowest BCUT2D eigenvalue weighted by Crippen LogP contribution is -2.41. The van der Waals surface area contributed by atoms with Crippen LogP contribution >= 0.6 is 0 Å². The average molecular weight is 505 g/mol. The predicted octanol–water partition coefficient (Wildman–Crippen LogP) is 5.71. The van der Waals surface area contributed by atoms with Crippen LogP contribution in [-0.2, 0) is 14.3 Å². The van der Waals surface area contributed by atoms with Gasteiger partial charge in [0.05, 0.1) is 31.2 Å². The highest BCUT2D eigenvalue weighted by molar-refractivity contribution is 6.17. The number of aromatic nitrogens is 1. The van der Waals surface area contributed by atoms with Gasteiger partial charge in [-0.3, -0.25) is 14.5 Å². The van der Waals surface area contributed by atoms with Gasteiger partial charge < -0.3 is 14.2 Å². The third-order valence-electron chi connectivity index (χ3n) is 7.77. The fourth-order valence-electron chi connectivity index (χ4n) is 5.79. The van der Waals surface area contributed by atoms with Gasteiger partial charge in [0.15, 0.2) is 23.0 Å². The van der Waals surface area contributed by atoms with E-state index in [0.29, 0.717) is 35.4 Å². The summed E-state index contributed by atoms with van der Waals surface area (Å²) in [5, 5.41) is 0. The van der Waals surface area contributed by atoms with E-state index in [2.05, 4.69) is 18.8 Å². The van der Waals surface area contributed by atoms with Crippen molar-refractivity contribution in [2.75, 3.05) is 18.6 Å². The van der Waals surface area contributed by atoms with Crippen molar-refractivity contribution in [1.29, 1.82) is 0 Å². The van der Waals surface area contributed by atoms with Gasteiger partial charge in [0.25, 0.3) is 5.91 Å². The molecule has 3 aliphatic rings. The van der Waals surface area contributed by atoms with Crippen LogP contribution in [0.5, 0.6) is 11.5 Å². The van der Waals surface area contributed by atoms with Gasteiger partial charge in [-0.15, -0.1) is 0 Å². The molecule has 0 bridgehead atoms. The maximum atomic E-state index is 14.0. The number of hydrogen-bond acceptors (Lipinski definition) is 6. The molecule has 37 heavy (non-hydrogen) atoms. The standard InChI is InChI=1S/C30H36N2O5/c1-5-6-7-14-36-23-11-9-20(17-24(23)35-4)27-26-28(33)21-15-18(2)8-10-22(21)37-29(26)30(34)32(27)25-16-19(3)12-13-31-25/h9,11-13,16-18,21-22,27H,5-8,10,14-15H2,1-4H3. The van der Waals surface area contributed by atoms with E-state index in [1.165, 1.54) is 0 Å². The van der Waals surface area contributed by atoms with Crippen LogP contribution in [0.1, 0.15) is 69.5 Å². The van der Waals surface area contributed by atoms with Crippen molar-refractivity contribution in [2.24, 2.45) is 11.8 Å². The number of unbranched alkanes of at least 4 members (excludes halogenated alkanes) is 2. The quantitative estimate of drug-likeness (QED) is 0.428. The summed E-state index contributed by atoms with van der Waals surface area (Å²) in [7, 11) is 1.60. The zero-order chi connectivity index (χ0) is 26.1. The summed E-state index contributed by atoms with van der Waals surface area (Å²) in [4.78, 5) is 33.9. The number of hydrogen-bond donors (Lipinski definition) is 0. The highest BCUT2D eigenvalue weighted by Gasteiger charge is 2.53. The number of nitrogens with zero attached hydrogens (tertiary/aromatic N) is 2. The third kappa shape index (κ3) is 4.72. The number of carbonyl (C=O) groups is 2. The number of ether oxygens (including phenoxy) is 3. The fourth-order valence-corrected chi connectivity index (χ4v) is 5.79. The average Bonchev–Trinajstić information content (AvgIpc) is 3.19. The molecular formula is C30H36N2O5. The number of Topliss-reactive ketones (excluding diaryl/α,β-unsaturated/α-hetero) is 1. The smallest absolute Gasteiger partial charge is 0.295 e. The Labute approximate surface area is 218 Å². The number of aryl methyl sites for hydroxylation is 1. The normalized spacial score (nSPS) is 25.0. The Morgan fingerprint density at radius 3 is 2.70 bits per heavy atom. The Balaban J connectivity index is 1.57. The molecule has 7 heteroatoms. The lowest BCUT2D eigenvalue weighted by atomic mass is 9.74. The van der Waals surface area contributed by atoms with Gasteiger partial charge in [0.2, 0.25) is 0 Å². The first kappa shape index (κ1) is 25.3. The number of rotatable bonds is 8. The van der Waals surface area contributed by atoms with Crippen molar-refractivity contribution in [3.8, 4) is 11.5 Å². The molecule has 4 unspecified atom stereocenters. The Kier molecular flexibility index (Phi) is 7.22. The van der Waals surface area contributed by atoms with Crippen LogP contribution in [0.25, 0.3) is 0 Å². The Bertz CT molecular complexity index is 1220. The van der Waals surface area contributed by atoms with Gasteiger partial charge >= 0.3 is 0 Å². The first-order valence-electron chi connectivity index (χ1n) is 13.4. The molecule has 0 spiro atoms. The molecule has 1 amide bonds. The van der Waals surface area contributed by atoms with Gasteiger partial charge in [0.1, 0.15) is 11.9 Å². The summed E-state index contributed by atoms with van der Waals surface area (Å²) >= 11 is 0. The van der Waals surface area contributed by atoms with E-state index in [1.54, 1.807) is 18.2 Å². The SMILES string of the molecule is CCCCCOc1ccc(C2C3=C(OC4CCC(C)CC4C3=O)C(=O)N2c2cc(C)ccn2)cc1OC. The molecule has 2 aromatic rings. The van der Waals surface area contributed by atoms with Crippen LogP contribution < -0.4 is 14.4 Å². The molecule has 0 N–H and O–H groups in total. The first-order valence-corrected chi connectivity index (χ1v) is 13.4. The number of carbonyl (C=O) groups excluding carboxylic acids is 2. The van der Waals surface area contributed by atoms with Crippen LogP contribution in [0.15, 0.2) is 47.9 Å². The minimum Gasteiger partial charge on any atom is -0.493 e. The lowest BCUT2D eigenvalue weighted by Gasteiger charge is -2.37. The number of fused-ring (bicyclic) bond motifs is 1. The molecule has 3 heterocycles. The van der Waals surface area contributed by atoms with Crippen molar-refractivity contribution in [2.45, 2.75) is 71.4 Å². The van der Waals surface area contributed by atoms with E-state index < -0.39 is 6.04 Å². The molecule has 1 fully saturated rings. The second kappa shape index (κ2) is 10.6. The predicted molar refractivity (Wildman–Crippen MR) is 141 cm³/mol. The van der Waals surface area contributed by atoms with E-state index in [1.807, 2.05) is 37.3 Å². The molecule has 0 saturated heterocycles. The maximum absolute atomic E-state index is 14.0. The summed E-state index contributed by atoms with van der Waals surface area (Å²) in [5.74, 6) is 1.81. The molecule has 7 nitrogen and oxygen atoms in total. The molecule has 1 aromatic heterocycles. The van der Waals surface area contributed by atoms with Gasteiger partial charge in [-0.25, -0.2) is 4.98 Å². The van der Waals surface area contributed by atoms with E-state index >= 15 is 0 Å². The Hall–Kier alpha value is -3.35. The fraction of sp³-hybridized carbons (Fsp3) is 0.500. The first-order chi connectivity index (χ1) is 17.9. The van der Waals surface area contributed by atoms with Crippen LogP contribution in [-0.4, -0.2) is 36.5 Å². The summed E-state index contributed by atoms with van der Waals surface area (Å²) in [6, 6.07) is 8.75. The van der Waals surface area contributed by atoms with Crippen LogP contribution in [0.3, 0.4) is 0 Å². The van der Waals surface area contributed by atoms with Crippen LogP contribution in [0, 0.1) is 18.8 Å². The molecule has 4 atom stereocenters. The van der Waals surface area contributed by atoms with Crippen LogP contribution in [0.2, 0.25) is 0 Å². The number of pyridine rings is 1. The minimum absolute atomic E-state index is 0.0187. The largest absolute Gasteiger partial charge is 0.493 e. The van der Waals surface area contributed by atoms with E-state index in [4.69, 9.17) is 14.2 Å². The van der Waals surface area contributed by atoms with Crippen molar-refractivity contribution < 1.29 is 23.8 Å². The summed E-state index contributed by atoms with van der Waals surface area (Å²) < 4.78 is 18.0. The molecule has 1 saturated carbocycles. The molecule has 5 rings (SSSR count). The molecule has 1 aromatic carbocycles. The van der Waals surface area contributed by atoms with Gasteiger partial charge in [0, 0.05) is 6.20 Å². The highest BCUT2D eigenvalue weighted by Crippen LogP contribution is 2.49. The van der Waals surface area contributed by atoms with Crippen molar-refractivity contribution >= 4 is 17.5 Å².